The number of carbonyl (C=O) groups excluding carboxylic acids is 1. The van der Waals surface area contributed by atoms with Gasteiger partial charge in [0.05, 0.1) is 11.4 Å². The molecule has 2 aromatic carbocycles. The highest BCUT2D eigenvalue weighted by molar-refractivity contribution is 9.10. The molecule has 4 rings (SSSR count). The molecule has 0 unspecified atom stereocenters. The Bertz CT molecular complexity index is 1140. The van der Waals surface area contributed by atoms with Crippen LogP contribution in [0.2, 0.25) is 0 Å². The average molecular weight is 499 g/mol. The number of carbonyl (C=O) groups is 1. The van der Waals surface area contributed by atoms with Gasteiger partial charge in [-0.05, 0) is 60.0 Å². The van der Waals surface area contributed by atoms with E-state index >= 15 is 0 Å². The number of benzene rings is 2. The average Bonchev–Trinajstić information content (AvgIpc) is 3.45. The maximum Gasteiger partial charge on any atom is 0.277 e. The van der Waals surface area contributed by atoms with Crippen molar-refractivity contribution in [3.05, 3.63) is 75.4 Å². The molecule has 0 atom stereocenters. The number of hydrogen-bond donors (Lipinski definition) is 1. The quantitative estimate of drug-likeness (QED) is 0.248. The van der Waals surface area contributed by atoms with Gasteiger partial charge in [-0.15, -0.1) is 21.5 Å². The summed E-state index contributed by atoms with van der Waals surface area (Å²) in [5, 5.41) is 13.3. The lowest BCUT2D eigenvalue weighted by Crippen LogP contribution is -2.13. The Morgan fingerprint density at radius 1 is 1.13 bits per heavy atom. The van der Waals surface area contributed by atoms with Crippen LogP contribution in [0, 0.1) is 0 Å². The van der Waals surface area contributed by atoms with E-state index in [1.165, 1.54) is 11.8 Å². The van der Waals surface area contributed by atoms with Gasteiger partial charge in [0.25, 0.3) is 5.22 Å². The first kappa shape index (κ1) is 20.5. The maximum absolute atomic E-state index is 12.1. The minimum atomic E-state index is -0.143. The second kappa shape index (κ2) is 9.84. The molecule has 1 N–H and O–H groups in total. The summed E-state index contributed by atoms with van der Waals surface area (Å²) in [7, 11) is 0. The van der Waals surface area contributed by atoms with Crippen molar-refractivity contribution in [1.82, 2.24) is 10.2 Å². The number of hydrogen-bond acceptors (Lipinski definition) is 7. The van der Waals surface area contributed by atoms with Gasteiger partial charge in [-0.3, -0.25) is 9.79 Å². The highest BCUT2D eigenvalue weighted by Crippen LogP contribution is 2.25. The van der Waals surface area contributed by atoms with E-state index in [4.69, 9.17) is 4.42 Å². The Morgan fingerprint density at radius 3 is 2.67 bits per heavy atom. The third kappa shape index (κ3) is 5.65. The minimum Gasteiger partial charge on any atom is -0.411 e. The van der Waals surface area contributed by atoms with Gasteiger partial charge in [0.15, 0.2) is 0 Å². The first-order chi connectivity index (χ1) is 14.7. The lowest BCUT2D eigenvalue weighted by molar-refractivity contribution is -0.113. The third-order valence-corrected chi connectivity index (χ3v) is 6.01. The third-order valence-electron chi connectivity index (χ3n) is 3.86. The molecule has 150 valence electrons. The van der Waals surface area contributed by atoms with Gasteiger partial charge in [0.1, 0.15) is 0 Å². The van der Waals surface area contributed by atoms with Gasteiger partial charge in [-0.1, -0.05) is 33.8 Å². The van der Waals surface area contributed by atoms with Crippen LogP contribution in [0.1, 0.15) is 4.88 Å². The van der Waals surface area contributed by atoms with Gasteiger partial charge in [0, 0.05) is 26.8 Å². The molecule has 1 amide bonds. The standard InChI is InChI=1S/C21H15BrN4O2S2/c22-15-5-9-17(10-6-15)24-19(27)13-30-21-26-25-20(28-21)14-3-7-16(8-4-14)23-12-18-2-1-11-29-18/h1-12H,13H2,(H,24,27). The first-order valence-corrected chi connectivity index (χ1v) is 11.5. The zero-order valence-electron chi connectivity index (χ0n) is 15.5. The summed E-state index contributed by atoms with van der Waals surface area (Å²) in [6, 6.07) is 18.9. The Labute approximate surface area is 189 Å². The Balaban J connectivity index is 1.32. The molecule has 2 heterocycles. The monoisotopic (exact) mass is 498 g/mol. The summed E-state index contributed by atoms with van der Waals surface area (Å²) in [5.41, 5.74) is 2.37. The Hall–Kier alpha value is -2.75. The number of rotatable bonds is 7. The predicted molar refractivity (Wildman–Crippen MR) is 125 cm³/mol. The SMILES string of the molecule is O=C(CSc1nnc(-c2ccc(N=Cc3cccs3)cc2)o1)Nc1ccc(Br)cc1. The molecule has 0 aliphatic carbocycles. The second-order valence-corrected chi connectivity index (χ2v) is 8.86. The van der Waals surface area contributed by atoms with Gasteiger partial charge >= 0.3 is 0 Å². The van der Waals surface area contributed by atoms with E-state index in [1.54, 1.807) is 11.3 Å². The van der Waals surface area contributed by atoms with Crippen molar-refractivity contribution in [2.45, 2.75) is 5.22 Å². The summed E-state index contributed by atoms with van der Waals surface area (Å²) in [5.74, 6) is 0.434. The first-order valence-electron chi connectivity index (χ1n) is 8.85. The predicted octanol–water partition coefficient (Wildman–Crippen LogP) is 6.04. The number of thioether (sulfide) groups is 1. The van der Waals surface area contributed by atoms with Crippen LogP contribution in [0.25, 0.3) is 11.5 Å². The lowest BCUT2D eigenvalue weighted by atomic mass is 10.2. The lowest BCUT2D eigenvalue weighted by Gasteiger charge is -2.03. The van der Waals surface area contributed by atoms with E-state index in [9.17, 15) is 4.79 Å². The highest BCUT2D eigenvalue weighted by atomic mass is 79.9. The van der Waals surface area contributed by atoms with Crippen molar-refractivity contribution in [1.29, 1.82) is 0 Å². The summed E-state index contributed by atoms with van der Waals surface area (Å²) in [6.45, 7) is 0. The Kier molecular flexibility index (Phi) is 6.73. The molecule has 0 saturated heterocycles. The minimum absolute atomic E-state index is 0.143. The fraction of sp³-hybridized carbons (Fsp3) is 0.0476. The number of thiophene rings is 1. The molecule has 0 aliphatic heterocycles. The summed E-state index contributed by atoms with van der Waals surface area (Å²) < 4.78 is 6.62. The molecule has 6 nitrogen and oxygen atoms in total. The molecule has 0 bridgehead atoms. The molecular weight excluding hydrogens is 484 g/mol. The summed E-state index contributed by atoms with van der Waals surface area (Å²) >= 11 is 6.19. The molecule has 0 fully saturated rings. The number of anilines is 1. The van der Waals surface area contributed by atoms with Crippen LogP contribution in [0.5, 0.6) is 0 Å². The summed E-state index contributed by atoms with van der Waals surface area (Å²) in [6.07, 6.45) is 1.83. The number of aliphatic imine (C=N–C) groups is 1. The van der Waals surface area contributed by atoms with E-state index in [0.29, 0.717) is 11.1 Å². The van der Waals surface area contributed by atoms with Crippen LogP contribution < -0.4 is 5.32 Å². The molecule has 9 heteroatoms. The van der Waals surface area contributed by atoms with Crippen LogP contribution in [0.3, 0.4) is 0 Å². The number of halogens is 1. The fourth-order valence-electron chi connectivity index (χ4n) is 2.44. The van der Waals surface area contributed by atoms with Crippen molar-refractivity contribution in [2.24, 2.45) is 4.99 Å². The maximum atomic E-state index is 12.1. The van der Waals surface area contributed by atoms with Gasteiger partial charge in [-0.2, -0.15) is 0 Å². The molecule has 0 aliphatic rings. The van der Waals surface area contributed by atoms with E-state index in [2.05, 4.69) is 36.4 Å². The molecule has 4 aromatic rings. The van der Waals surface area contributed by atoms with Crippen molar-refractivity contribution < 1.29 is 9.21 Å². The molecule has 0 saturated carbocycles. The molecule has 30 heavy (non-hydrogen) atoms. The second-order valence-electron chi connectivity index (χ2n) is 6.04. The van der Waals surface area contributed by atoms with Crippen LogP contribution in [0.4, 0.5) is 11.4 Å². The van der Waals surface area contributed by atoms with E-state index in [-0.39, 0.29) is 11.7 Å². The summed E-state index contributed by atoms with van der Waals surface area (Å²) in [4.78, 5) is 17.6. The van der Waals surface area contributed by atoms with Gasteiger partial charge in [0.2, 0.25) is 11.8 Å². The molecule has 2 aromatic heterocycles. The van der Waals surface area contributed by atoms with E-state index < -0.39 is 0 Å². The number of nitrogens with zero attached hydrogens (tertiary/aromatic N) is 3. The number of amides is 1. The smallest absolute Gasteiger partial charge is 0.277 e. The normalized spacial score (nSPS) is 11.1. The number of aromatic nitrogens is 2. The zero-order chi connectivity index (χ0) is 20.8. The van der Waals surface area contributed by atoms with E-state index in [0.717, 1.165) is 26.3 Å². The van der Waals surface area contributed by atoms with Crippen LogP contribution in [0.15, 0.2) is 85.1 Å². The molecule has 0 spiro atoms. The topological polar surface area (TPSA) is 80.4 Å². The van der Waals surface area contributed by atoms with Crippen molar-refractivity contribution >= 4 is 62.5 Å². The van der Waals surface area contributed by atoms with Crippen molar-refractivity contribution in [2.75, 3.05) is 11.1 Å². The zero-order valence-corrected chi connectivity index (χ0v) is 18.7. The van der Waals surface area contributed by atoms with Gasteiger partial charge in [-0.25, -0.2) is 0 Å². The van der Waals surface area contributed by atoms with Crippen LogP contribution in [-0.4, -0.2) is 28.1 Å². The fourth-order valence-corrected chi connectivity index (χ4v) is 3.85. The van der Waals surface area contributed by atoms with Crippen LogP contribution >= 0.6 is 39.0 Å². The largest absolute Gasteiger partial charge is 0.411 e. The molecular formula is C21H15BrN4O2S2. The molecule has 0 radical (unpaired) electrons. The van der Waals surface area contributed by atoms with Gasteiger partial charge < -0.3 is 9.73 Å². The van der Waals surface area contributed by atoms with Crippen LogP contribution in [-0.2, 0) is 4.79 Å². The van der Waals surface area contributed by atoms with E-state index in [1.807, 2.05) is 72.3 Å². The van der Waals surface area contributed by atoms with Crippen molar-refractivity contribution in [3.63, 3.8) is 0 Å². The Morgan fingerprint density at radius 2 is 1.93 bits per heavy atom. The van der Waals surface area contributed by atoms with Crippen molar-refractivity contribution in [3.8, 4) is 11.5 Å². The highest BCUT2D eigenvalue weighted by Gasteiger charge is 2.11. The number of nitrogens with one attached hydrogen (secondary N) is 1.